The van der Waals surface area contributed by atoms with Crippen LogP contribution in [0, 0.1) is 0 Å². The summed E-state index contributed by atoms with van der Waals surface area (Å²) in [5.74, 6) is 1.49. The predicted molar refractivity (Wildman–Crippen MR) is 102 cm³/mol. The number of nitrogens with zero attached hydrogens (tertiary/aromatic N) is 1. The van der Waals surface area contributed by atoms with Crippen molar-refractivity contribution in [3.63, 3.8) is 0 Å². The maximum Gasteiger partial charge on any atom is 0.252 e. The van der Waals surface area contributed by atoms with Gasteiger partial charge in [0.25, 0.3) is 5.91 Å². The van der Waals surface area contributed by atoms with Crippen LogP contribution in [0.4, 0.5) is 0 Å². The first kappa shape index (κ1) is 17.9. The van der Waals surface area contributed by atoms with Crippen molar-refractivity contribution in [1.29, 1.82) is 0 Å². The predicted octanol–water partition coefficient (Wildman–Crippen LogP) is 3.36. The third kappa shape index (κ3) is 3.28. The topological polar surface area (TPSA) is 48.0 Å². The minimum absolute atomic E-state index is 0.0850. The summed E-state index contributed by atoms with van der Waals surface area (Å²) in [4.78, 5) is 15.2. The van der Waals surface area contributed by atoms with Crippen molar-refractivity contribution in [2.75, 3.05) is 27.4 Å². The molecule has 2 atom stereocenters. The fourth-order valence-corrected chi connectivity index (χ4v) is 4.14. The maximum atomic E-state index is 13.2. The van der Waals surface area contributed by atoms with Gasteiger partial charge < -0.3 is 19.1 Å². The molecule has 1 saturated heterocycles. The number of hydrogen-bond donors (Lipinski definition) is 0. The van der Waals surface area contributed by atoms with Crippen LogP contribution >= 0.6 is 0 Å². The van der Waals surface area contributed by atoms with Gasteiger partial charge in [0.2, 0.25) is 0 Å². The van der Waals surface area contributed by atoms with Crippen molar-refractivity contribution in [3.8, 4) is 11.5 Å². The lowest BCUT2D eigenvalue weighted by Gasteiger charge is -2.39. The molecule has 0 radical (unpaired) electrons. The Labute approximate surface area is 159 Å². The van der Waals surface area contributed by atoms with E-state index >= 15 is 0 Å². The quantitative estimate of drug-likeness (QED) is 0.831. The Kier molecular flexibility index (Phi) is 5.03. The molecule has 2 aliphatic heterocycles. The van der Waals surface area contributed by atoms with Gasteiger partial charge in [-0.1, -0.05) is 30.3 Å². The zero-order valence-electron chi connectivity index (χ0n) is 15.8. The van der Waals surface area contributed by atoms with Gasteiger partial charge in [-0.15, -0.1) is 0 Å². The van der Waals surface area contributed by atoms with Crippen molar-refractivity contribution >= 4 is 5.91 Å². The second kappa shape index (κ2) is 7.61. The normalized spacial score (nSPS) is 21.6. The number of ether oxygens (including phenoxy) is 3. The van der Waals surface area contributed by atoms with Crippen molar-refractivity contribution in [2.45, 2.75) is 31.4 Å². The largest absolute Gasteiger partial charge is 0.493 e. The smallest absolute Gasteiger partial charge is 0.252 e. The summed E-state index contributed by atoms with van der Waals surface area (Å²) in [6.07, 6.45) is 2.22. The van der Waals surface area contributed by atoms with Crippen molar-refractivity contribution < 1.29 is 19.0 Å². The molecule has 0 N–H and O–H groups in total. The standard InChI is InChI=1S/C22H25NO4/c1-25-19-13-16-10-11-23(22(24)18-9-6-12-27-18)21(15-7-4-3-5-8-15)17(16)14-20(19)26-2/h3-5,7-8,13-14,18,21H,6,9-12H2,1-2H3. The summed E-state index contributed by atoms with van der Waals surface area (Å²) in [5, 5.41) is 0. The van der Waals surface area contributed by atoms with E-state index in [0.717, 1.165) is 36.1 Å². The summed E-state index contributed by atoms with van der Waals surface area (Å²) in [6.45, 7) is 1.34. The molecule has 142 valence electrons. The summed E-state index contributed by atoms with van der Waals surface area (Å²) in [5.41, 5.74) is 3.38. The number of rotatable bonds is 4. The zero-order valence-corrected chi connectivity index (χ0v) is 15.8. The van der Waals surface area contributed by atoms with Gasteiger partial charge in [-0.05, 0) is 48.1 Å². The lowest BCUT2D eigenvalue weighted by atomic mass is 9.87. The molecule has 27 heavy (non-hydrogen) atoms. The van der Waals surface area contributed by atoms with Crippen LogP contribution in [0.2, 0.25) is 0 Å². The van der Waals surface area contributed by atoms with E-state index < -0.39 is 0 Å². The minimum atomic E-state index is -0.321. The molecule has 2 aliphatic rings. The number of carbonyl (C=O) groups excluding carboxylic acids is 1. The second-order valence-corrected chi connectivity index (χ2v) is 7.00. The van der Waals surface area contributed by atoms with Crippen LogP contribution in [0.15, 0.2) is 42.5 Å². The highest BCUT2D eigenvalue weighted by Crippen LogP contribution is 2.41. The number of benzene rings is 2. The molecule has 2 heterocycles. The molecule has 2 aromatic carbocycles. The summed E-state index contributed by atoms with van der Waals surface area (Å²) < 4.78 is 16.7. The first-order valence-electron chi connectivity index (χ1n) is 9.44. The van der Waals surface area contributed by atoms with Gasteiger partial charge in [0.1, 0.15) is 6.10 Å². The van der Waals surface area contributed by atoms with Crippen LogP contribution in [0.1, 0.15) is 35.6 Å². The third-order valence-electron chi connectivity index (χ3n) is 5.48. The monoisotopic (exact) mass is 367 g/mol. The lowest BCUT2D eigenvalue weighted by molar-refractivity contribution is -0.143. The molecule has 2 unspecified atom stereocenters. The van der Waals surface area contributed by atoms with E-state index in [9.17, 15) is 4.79 Å². The first-order chi connectivity index (χ1) is 13.2. The molecule has 1 amide bonds. The maximum absolute atomic E-state index is 13.2. The number of hydrogen-bond acceptors (Lipinski definition) is 4. The van der Waals surface area contributed by atoms with E-state index in [2.05, 4.69) is 12.1 Å². The zero-order chi connectivity index (χ0) is 18.8. The first-order valence-corrected chi connectivity index (χ1v) is 9.44. The highest BCUT2D eigenvalue weighted by atomic mass is 16.5. The average molecular weight is 367 g/mol. The highest BCUT2D eigenvalue weighted by molar-refractivity contribution is 5.82. The fourth-order valence-electron chi connectivity index (χ4n) is 4.14. The van der Waals surface area contributed by atoms with Crippen LogP contribution in [-0.2, 0) is 16.0 Å². The van der Waals surface area contributed by atoms with Gasteiger partial charge in [0.15, 0.2) is 11.5 Å². The van der Waals surface area contributed by atoms with Gasteiger partial charge >= 0.3 is 0 Å². The van der Waals surface area contributed by atoms with Crippen molar-refractivity contribution in [2.24, 2.45) is 0 Å². The summed E-state index contributed by atoms with van der Waals surface area (Å²) >= 11 is 0. The van der Waals surface area contributed by atoms with Gasteiger partial charge in [-0.2, -0.15) is 0 Å². The Balaban J connectivity index is 1.80. The van der Waals surface area contributed by atoms with Crippen molar-refractivity contribution in [3.05, 3.63) is 59.2 Å². The van der Waals surface area contributed by atoms with Crippen molar-refractivity contribution in [1.82, 2.24) is 4.90 Å². The van der Waals surface area contributed by atoms with Crippen LogP contribution in [-0.4, -0.2) is 44.3 Å². The fraction of sp³-hybridized carbons (Fsp3) is 0.409. The van der Waals surface area contributed by atoms with E-state index in [4.69, 9.17) is 14.2 Å². The molecule has 2 aromatic rings. The van der Waals surface area contributed by atoms with E-state index in [1.54, 1.807) is 14.2 Å². The number of methoxy groups -OCH3 is 2. The average Bonchev–Trinajstić information content (AvgIpc) is 3.26. The number of amides is 1. The highest BCUT2D eigenvalue weighted by Gasteiger charge is 2.37. The molecular formula is C22H25NO4. The molecule has 0 spiro atoms. The molecule has 0 aromatic heterocycles. The van der Waals surface area contributed by atoms with E-state index in [-0.39, 0.29) is 18.1 Å². The van der Waals surface area contributed by atoms with Gasteiger partial charge in [-0.3, -0.25) is 4.79 Å². The van der Waals surface area contributed by atoms with Gasteiger partial charge in [0, 0.05) is 13.2 Å². The lowest BCUT2D eigenvalue weighted by Crippen LogP contribution is -2.45. The Morgan fingerprint density at radius 1 is 1.11 bits per heavy atom. The molecule has 4 rings (SSSR count). The summed E-state index contributed by atoms with van der Waals surface area (Å²) in [7, 11) is 3.29. The number of carbonyl (C=O) groups is 1. The SMILES string of the molecule is COc1cc2c(cc1OC)C(c1ccccc1)N(C(=O)C1CCCO1)CC2. The summed E-state index contributed by atoms with van der Waals surface area (Å²) in [6, 6.07) is 14.1. The molecular weight excluding hydrogens is 342 g/mol. The molecule has 1 fully saturated rings. The van der Waals surface area contributed by atoms with E-state index in [0.29, 0.717) is 18.9 Å². The van der Waals surface area contributed by atoms with Gasteiger partial charge in [0.05, 0.1) is 20.3 Å². The Hall–Kier alpha value is -2.53. The van der Waals surface area contributed by atoms with Gasteiger partial charge in [-0.25, -0.2) is 0 Å². The van der Waals surface area contributed by atoms with E-state index in [1.165, 1.54) is 5.56 Å². The third-order valence-corrected chi connectivity index (χ3v) is 5.48. The minimum Gasteiger partial charge on any atom is -0.493 e. The molecule has 5 heteroatoms. The Morgan fingerprint density at radius 3 is 2.52 bits per heavy atom. The molecule has 0 bridgehead atoms. The van der Waals surface area contributed by atoms with Crippen LogP contribution < -0.4 is 9.47 Å². The molecule has 0 aliphatic carbocycles. The Bertz CT molecular complexity index is 815. The van der Waals surface area contributed by atoms with Crippen LogP contribution in [0.3, 0.4) is 0 Å². The number of fused-ring (bicyclic) bond motifs is 1. The Morgan fingerprint density at radius 2 is 1.85 bits per heavy atom. The molecule has 0 saturated carbocycles. The van der Waals surface area contributed by atoms with E-state index in [1.807, 2.05) is 35.2 Å². The molecule has 5 nitrogen and oxygen atoms in total. The van der Waals surface area contributed by atoms with Crippen LogP contribution in [0.5, 0.6) is 11.5 Å². The second-order valence-electron chi connectivity index (χ2n) is 7.00. The van der Waals surface area contributed by atoms with Crippen LogP contribution in [0.25, 0.3) is 0 Å².